The predicted molar refractivity (Wildman–Crippen MR) is 103 cm³/mol. The van der Waals surface area contributed by atoms with Crippen LogP contribution in [0.4, 0.5) is 0 Å². The molecule has 146 valence electrons. The van der Waals surface area contributed by atoms with Crippen molar-refractivity contribution in [1.29, 1.82) is 5.41 Å². The summed E-state index contributed by atoms with van der Waals surface area (Å²) in [6.45, 7) is 11.6. The molecule has 1 N–H and O–H groups in total. The highest BCUT2D eigenvalue weighted by Gasteiger charge is 2.41. The highest BCUT2D eigenvalue weighted by molar-refractivity contribution is 5.99. The van der Waals surface area contributed by atoms with Gasteiger partial charge in [-0.25, -0.2) is 0 Å². The lowest BCUT2D eigenvalue weighted by Gasteiger charge is -2.33. The Morgan fingerprint density at radius 1 is 1.33 bits per heavy atom. The molecule has 0 saturated heterocycles. The lowest BCUT2D eigenvalue weighted by molar-refractivity contribution is -0.146. The van der Waals surface area contributed by atoms with Gasteiger partial charge in [-0.15, -0.1) is 0 Å². The van der Waals surface area contributed by atoms with E-state index >= 15 is 0 Å². The Balaban J connectivity index is 2.58. The minimum Gasteiger partial charge on any atom is -0.493 e. The van der Waals surface area contributed by atoms with E-state index < -0.39 is 11.9 Å². The van der Waals surface area contributed by atoms with Gasteiger partial charge < -0.3 is 18.9 Å². The van der Waals surface area contributed by atoms with Gasteiger partial charge in [0.15, 0.2) is 11.5 Å². The van der Waals surface area contributed by atoms with Crippen LogP contribution in [0.5, 0.6) is 11.5 Å². The smallest absolute Gasteiger partial charge is 0.319 e. The molecule has 1 aromatic carbocycles. The van der Waals surface area contributed by atoms with Crippen molar-refractivity contribution in [3.63, 3.8) is 0 Å². The molecule has 0 radical (unpaired) electrons. The zero-order chi connectivity index (χ0) is 20.1. The number of ether oxygens (including phenoxy) is 4. The third-order valence-corrected chi connectivity index (χ3v) is 4.63. The van der Waals surface area contributed by atoms with Crippen LogP contribution in [0.15, 0.2) is 36.1 Å². The van der Waals surface area contributed by atoms with Gasteiger partial charge >= 0.3 is 5.97 Å². The maximum absolute atomic E-state index is 12.6. The number of esters is 1. The molecule has 1 aliphatic rings. The second-order valence-corrected chi connectivity index (χ2v) is 6.38. The van der Waals surface area contributed by atoms with E-state index in [1.807, 2.05) is 26.0 Å². The summed E-state index contributed by atoms with van der Waals surface area (Å²) in [5.41, 5.74) is 2.60. The fraction of sp³-hybridized carbons (Fsp3) is 0.429. The van der Waals surface area contributed by atoms with Crippen LogP contribution in [0.2, 0.25) is 0 Å². The standard InChI is InChI=1S/C21H27NO5/c1-7-9-26-19-12(3)10-15(11-16(19)24-6)17-13(4)14(5)27-20(22)18(17)21(23)25-8-2/h7,10-11,17-18,22H,1,8-9H2,2-6H3. The first-order chi connectivity index (χ1) is 12.8. The van der Waals surface area contributed by atoms with Crippen molar-refractivity contribution in [3.8, 4) is 11.5 Å². The summed E-state index contributed by atoms with van der Waals surface area (Å²) < 4.78 is 21.9. The number of rotatable bonds is 7. The molecule has 1 aromatic rings. The van der Waals surface area contributed by atoms with Crippen molar-refractivity contribution in [1.82, 2.24) is 0 Å². The Bertz CT molecular complexity index is 781. The van der Waals surface area contributed by atoms with Gasteiger partial charge in [-0.3, -0.25) is 10.2 Å². The van der Waals surface area contributed by atoms with Crippen LogP contribution in [0.3, 0.4) is 0 Å². The van der Waals surface area contributed by atoms with Gasteiger partial charge in [-0.2, -0.15) is 0 Å². The number of hydrogen-bond donors (Lipinski definition) is 1. The number of allylic oxidation sites excluding steroid dienone is 2. The van der Waals surface area contributed by atoms with Crippen molar-refractivity contribution in [2.24, 2.45) is 5.92 Å². The van der Waals surface area contributed by atoms with E-state index in [1.54, 1.807) is 27.0 Å². The van der Waals surface area contributed by atoms with Crippen LogP contribution in [0.1, 0.15) is 37.8 Å². The number of methoxy groups -OCH3 is 1. The summed E-state index contributed by atoms with van der Waals surface area (Å²) >= 11 is 0. The minimum absolute atomic E-state index is 0.106. The Hall–Kier alpha value is -2.76. The van der Waals surface area contributed by atoms with Crippen LogP contribution in [0, 0.1) is 18.3 Å². The molecule has 6 heteroatoms. The molecule has 1 aliphatic heterocycles. The second kappa shape index (κ2) is 8.75. The molecule has 0 spiro atoms. The molecule has 2 unspecified atom stereocenters. The van der Waals surface area contributed by atoms with E-state index in [9.17, 15) is 4.79 Å². The zero-order valence-corrected chi connectivity index (χ0v) is 16.5. The molecule has 0 fully saturated rings. The van der Waals surface area contributed by atoms with Gasteiger partial charge in [0.25, 0.3) is 0 Å². The first-order valence-electron chi connectivity index (χ1n) is 8.88. The monoisotopic (exact) mass is 373 g/mol. The van der Waals surface area contributed by atoms with E-state index in [1.165, 1.54) is 0 Å². The Kier molecular flexibility index (Phi) is 6.66. The molecule has 0 saturated carbocycles. The maximum Gasteiger partial charge on any atom is 0.319 e. The lowest BCUT2D eigenvalue weighted by Crippen LogP contribution is -2.36. The second-order valence-electron chi connectivity index (χ2n) is 6.38. The molecular weight excluding hydrogens is 346 g/mol. The van der Waals surface area contributed by atoms with E-state index in [0.29, 0.717) is 23.9 Å². The summed E-state index contributed by atoms with van der Waals surface area (Å²) in [4.78, 5) is 12.6. The quantitative estimate of drug-likeness (QED) is 0.574. The molecule has 6 nitrogen and oxygen atoms in total. The Morgan fingerprint density at radius 2 is 2.04 bits per heavy atom. The van der Waals surface area contributed by atoms with Crippen molar-refractivity contribution < 1.29 is 23.7 Å². The van der Waals surface area contributed by atoms with Gasteiger partial charge in [0, 0.05) is 5.92 Å². The van der Waals surface area contributed by atoms with Gasteiger partial charge in [-0.1, -0.05) is 18.7 Å². The molecule has 27 heavy (non-hydrogen) atoms. The zero-order valence-electron chi connectivity index (χ0n) is 16.5. The van der Waals surface area contributed by atoms with Crippen molar-refractivity contribution in [2.45, 2.75) is 33.6 Å². The van der Waals surface area contributed by atoms with Gasteiger partial charge in [0.05, 0.1) is 13.7 Å². The van der Waals surface area contributed by atoms with E-state index in [-0.39, 0.29) is 18.4 Å². The average Bonchev–Trinajstić information content (AvgIpc) is 2.62. The summed E-state index contributed by atoms with van der Waals surface area (Å²) in [7, 11) is 1.57. The molecular formula is C21H27NO5. The molecule has 2 rings (SSSR count). The first-order valence-corrected chi connectivity index (χ1v) is 8.88. The van der Waals surface area contributed by atoms with Crippen LogP contribution in [-0.2, 0) is 14.3 Å². The average molecular weight is 373 g/mol. The summed E-state index contributed by atoms with van der Waals surface area (Å²) in [5.74, 6) is 0.0403. The number of aryl methyl sites for hydroxylation is 1. The predicted octanol–water partition coefficient (Wildman–Crippen LogP) is 4.13. The summed E-state index contributed by atoms with van der Waals surface area (Å²) in [6, 6.07) is 3.80. The Morgan fingerprint density at radius 3 is 2.63 bits per heavy atom. The third kappa shape index (κ3) is 4.15. The van der Waals surface area contributed by atoms with Crippen molar-refractivity contribution in [2.75, 3.05) is 20.3 Å². The van der Waals surface area contributed by atoms with Gasteiger partial charge in [0.1, 0.15) is 18.3 Å². The largest absolute Gasteiger partial charge is 0.493 e. The highest BCUT2D eigenvalue weighted by Crippen LogP contribution is 2.43. The van der Waals surface area contributed by atoms with Crippen LogP contribution >= 0.6 is 0 Å². The van der Waals surface area contributed by atoms with Crippen molar-refractivity contribution in [3.05, 3.63) is 47.2 Å². The lowest BCUT2D eigenvalue weighted by atomic mass is 9.78. The molecule has 0 bridgehead atoms. The van der Waals surface area contributed by atoms with E-state index in [0.717, 1.165) is 16.7 Å². The van der Waals surface area contributed by atoms with Gasteiger partial charge in [-0.05, 0) is 50.5 Å². The maximum atomic E-state index is 12.6. The highest BCUT2D eigenvalue weighted by atomic mass is 16.5. The summed E-state index contributed by atoms with van der Waals surface area (Å²) in [5, 5.41) is 8.22. The topological polar surface area (TPSA) is 77.8 Å². The van der Waals surface area contributed by atoms with E-state index in [2.05, 4.69) is 6.58 Å². The number of carbonyl (C=O) groups excluding carboxylic acids is 1. The Labute approximate surface area is 160 Å². The van der Waals surface area contributed by atoms with E-state index in [4.69, 9.17) is 24.4 Å². The minimum atomic E-state index is -0.835. The number of carbonyl (C=O) groups is 1. The molecule has 2 atom stereocenters. The fourth-order valence-corrected chi connectivity index (χ4v) is 3.27. The van der Waals surface area contributed by atoms with Gasteiger partial charge in [0.2, 0.25) is 5.90 Å². The summed E-state index contributed by atoms with van der Waals surface area (Å²) in [6.07, 6.45) is 1.67. The third-order valence-electron chi connectivity index (χ3n) is 4.63. The number of benzene rings is 1. The molecule has 1 heterocycles. The van der Waals surface area contributed by atoms with Crippen LogP contribution in [0.25, 0.3) is 0 Å². The number of nitrogens with one attached hydrogen (secondary N) is 1. The normalized spacial score (nSPS) is 19.4. The molecule has 0 aliphatic carbocycles. The van der Waals surface area contributed by atoms with Crippen molar-refractivity contribution >= 4 is 11.9 Å². The molecule has 0 aromatic heterocycles. The van der Waals surface area contributed by atoms with Crippen LogP contribution < -0.4 is 9.47 Å². The fourth-order valence-electron chi connectivity index (χ4n) is 3.27. The first kappa shape index (κ1) is 20.6. The SMILES string of the molecule is C=CCOc1c(C)cc(C2C(C)=C(C)OC(=N)C2C(=O)OCC)cc1OC. The molecule has 0 amide bonds. The van der Waals surface area contributed by atoms with Crippen LogP contribution in [-0.4, -0.2) is 32.2 Å². The number of hydrogen-bond acceptors (Lipinski definition) is 6.